The summed E-state index contributed by atoms with van der Waals surface area (Å²) < 4.78 is 0. The van der Waals surface area contributed by atoms with Gasteiger partial charge in [0, 0.05) is 0 Å². The van der Waals surface area contributed by atoms with Crippen molar-refractivity contribution >= 4 is 0 Å². The van der Waals surface area contributed by atoms with Gasteiger partial charge < -0.3 is 10.2 Å². The van der Waals surface area contributed by atoms with Gasteiger partial charge in [-0.25, -0.2) is 0 Å². The standard InChI is InChI=1S/C9H12O2/c10-8-6-4-1-2-5(3-4)7(6)9(8)11/h1-2,4-11H,3H2/t4-,5+,6-,7+,8-,9+. The lowest BCUT2D eigenvalue weighted by atomic mass is 9.63. The van der Waals surface area contributed by atoms with Crippen molar-refractivity contribution in [3.05, 3.63) is 12.2 Å². The van der Waals surface area contributed by atoms with Gasteiger partial charge >= 0.3 is 0 Å². The highest BCUT2D eigenvalue weighted by atomic mass is 16.3. The van der Waals surface area contributed by atoms with Gasteiger partial charge in [-0.1, -0.05) is 12.2 Å². The highest BCUT2D eigenvalue weighted by molar-refractivity contribution is 5.21. The number of hydrogen-bond donors (Lipinski definition) is 2. The van der Waals surface area contributed by atoms with Crippen LogP contribution in [0, 0.1) is 23.7 Å². The Hall–Kier alpha value is -0.340. The molecule has 0 heterocycles. The predicted molar refractivity (Wildman–Crippen MR) is 39.7 cm³/mol. The Morgan fingerprint density at radius 1 is 0.909 bits per heavy atom. The molecule has 2 N–H and O–H groups in total. The van der Waals surface area contributed by atoms with Gasteiger partial charge in [0.05, 0.1) is 12.2 Å². The summed E-state index contributed by atoms with van der Waals surface area (Å²) in [5.41, 5.74) is 0. The van der Waals surface area contributed by atoms with E-state index in [1.807, 2.05) is 0 Å². The molecule has 0 aliphatic heterocycles. The molecular formula is C9H12O2. The van der Waals surface area contributed by atoms with Crippen molar-refractivity contribution in [2.75, 3.05) is 0 Å². The van der Waals surface area contributed by atoms with Gasteiger partial charge in [0.25, 0.3) is 0 Å². The van der Waals surface area contributed by atoms with Crippen LogP contribution in [0.5, 0.6) is 0 Å². The number of aliphatic hydroxyl groups is 2. The molecule has 0 aromatic heterocycles. The first-order valence-electron chi connectivity index (χ1n) is 4.33. The second-order valence-electron chi connectivity index (χ2n) is 4.08. The number of allylic oxidation sites excluding steroid dienone is 2. The topological polar surface area (TPSA) is 40.5 Å². The van der Waals surface area contributed by atoms with E-state index >= 15 is 0 Å². The van der Waals surface area contributed by atoms with E-state index in [0.717, 1.165) is 0 Å². The zero-order valence-electron chi connectivity index (χ0n) is 6.22. The molecule has 3 aliphatic carbocycles. The molecule has 2 fully saturated rings. The van der Waals surface area contributed by atoms with Crippen LogP contribution in [0.1, 0.15) is 6.42 Å². The highest BCUT2D eigenvalue weighted by Gasteiger charge is 2.60. The molecule has 0 aromatic carbocycles. The van der Waals surface area contributed by atoms with E-state index in [-0.39, 0.29) is 0 Å². The zero-order valence-corrected chi connectivity index (χ0v) is 6.22. The number of fused-ring (bicyclic) bond motifs is 5. The van der Waals surface area contributed by atoms with Crippen LogP contribution in [0.2, 0.25) is 0 Å². The largest absolute Gasteiger partial charge is 0.390 e. The fourth-order valence-corrected chi connectivity index (χ4v) is 3.17. The summed E-state index contributed by atoms with van der Waals surface area (Å²) in [6.07, 6.45) is 4.73. The molecule has 60 valence electrons. The van der Waals surface area contributed by atoms with E-state index in [2.05, 4.69) is 12.2 Å². The van der Waals surface area contributed by atoms with Crippen LogP contribution < -0.4 is 0 Å². The summed E-state index contributed by atoms with van der Waals surface area (Å²) in [5.74, 6) is 1.92. The zero-order chi connectivity index (χ0) is 7.59. The summed E-state index contributed by atoms with van der Waals surface area (Å²) in [6, 6.07) is 0. The van der Waals surface area contributed by atoms with Gasteiger partial charge in [-0.05, 0) is 30.1 Å². The Labute approximate surface area is 65.5 Å². The first-order valence-corrected chi connectivity index (χ1v) is 4.33. The first-order chi connectivity index (χ1) is 5.29. The van der Waals surface area contributed by atoms with Crippen LogP contribution in [0.4, 0.5) is 0 Å². The number of hydrogen-bond acceptors (Lipinski definition) is 2. The highest BCUT2D eigenvalue weighted by Crippen LogP contribution is 2.57. The maximum Gasteiger partial charge on any atom is 0.0839 e. The average molecular weight is 152 g/mol. The van der Waals surface area contributed by atoms with Gasteiger partial charge in [-0.2, -0.15) is 0 Å². The molecule has 2 saturated carbocycles. The van der Waals surface area contributed by atoms with Crippen LogP contribution in [0.15, 0.2) is 12.2 Å². The molecule has 0 unspecified atom stereocenters. The van der Waals surface area contributed by atoms with E-state index < -0.39 is 12.2 Å². The van der Waals surface area contributed by atoms with E-state index in [4.69, 9.17) is 0 Å². The molecule has 3 aliphatic rings. The van der Waals surface area contributed by atoms with Crippen LogP contribution in [0.25, 0.3) is 0 Å². The Kier molecular flexibility index (Phi) is 0.958. The van der Waals surface area contributed by atoms with Crippen molar-refractivity contribution < 1.29 is 10.2 Å². The van der Waals surface area contributed by atoms with Gasteiger partial charge in [-0.15, -0.1) is 0 Å². The lowest BCUT2D eigenvalue weighted by Crippen LogP contribution is -2.57. The molecule has 11 heavy (non-hydrogen) atoms. The summed E-state index contributed by atoms with van der Waals surface area (Å²) in [5, 5.41) is 18.8. The third kappa shape index (κ3) is 0.531. The smallest absolute Gasteiger partial charge is 0.0839 e. The fraction of sp³-hybridized carbons (Fsp3) is 0.778. The summed E-state index contributed by atoms with van der Waals surface area (Å²) in [6.45, 7) is 0. The van der Waals surface area contributed by atoms with Crippen molar-refractivity contribution in [1.82, 2.24) is 0 Å². The van der Waals surface area contributed by atoms with E-state index in [1.165, 1.54) is 6.42 Å². The minimum Gasteiger partial charge on any atom is -0.390 e. The minimum absolute atomic E-state index is 0.389. The molecule has 0 radical (unpaired) electrons. The molecule has 0 aromatic rings. The number of rotatable bonds is 0. The van der Waals surface area contributed by atoms with Gasteiger partial charge in [0.2, 0.25) is 0 Å². The fourth-order valence-electron chi connectivity index (χ4n) is 3.17. The molecule has 0 saturated heterocycles. The quantitative estimate of drug-likeness (QED) is 0.485. The first kappa shape index (κ1) is 6.21. The van der Waals surface area contributed by atoms with Gasteiger partial charge in [0.15, 0.2) is 0 Å². The second kappa shape index (κ2) is 1.70. The summed E-state index contributed by atoms with van der Waals surface area (Å²) in [7, 11) is 0. The van der Waals surface area contributed by atoms with Crippen LogP contribution in [0.3, 0.4) is 0 Å². The van der Waals surface area contributed by atoms with E-state index in [9.17, 15) is 10.2 Å². The van der Waals surface area contributed by atoms with E-state index in [1.54, 1.807) is 0 Å². The average Bonchev–Trinajstić information content (AvgIpc) is 2.58. The molecule has 0 spiro atoms. The Balaban J connectivity index is 1.96. The Morgan fingerprint density at radius 2 is 1.36 bits per heavy atom. The maximum absolute atomic E-state index is 9.42. The number of aliphatic hydroxyl groups excluding tert-OH is 2. The van der Waals surface area contributed by atoms with Crippen molar-refractivity contribution in [2.24, 2.45) is 23.7 Å². The van der Waals surface area contributed by atoms with Crippen molar-refractivity contribution in [2.45, 2.75) is 18.6 Å². The molecule has 2 nitrogen and oxygen atoms in total. The molecule has 2 bridgehead atoms. The molecule has 0 amide bonds. The van der Waals surface area contributed by atoms with E-state index in [0.29, 0.717) is 23.7 Å². The third-order valence-electron chi connectivity index (χ3n) is 3.72. The summed E-state index contributed by atoms with van der Waals surface area (Å²) >= 11 is 0. The normalized spacial score (nSPS) is 64.5. The Morgan fingerprint density at radius 3 is 1.82 bits per heavy atom. The predicted octanol–water partition coefficient (Wildman–Crippen LogP) is 0.160. The van der Waals surface area contributed by atoms with Crippen LogP contribution in [-0.4, -0.2) is 22.4 Å². The molecule has 3 rings (SSSR count). The third-order valence-corrected chi connectivity index (χ3v) is 3.72. The minimum atomic E-state index is -0.431. The van der Waals surface area contributed by atoms with Crippen molar-refractivity contribution in [3.63, 3.8) is 0 Å². The Bertz CT molecular complexity index is 202. The summed E-state index contributed by atoms with van der Waals surface area (Å²) in [4.78, 5) is 0. The molecular weight excluding hydrogens is 140 g/mol. The maximum atomic E-state index is 9.42. The van der Waals surface area contributed by atoms with Gasteiger partial charge in [0.1, 0.15) is 0 Å². The lowest BCUT2D eigenvalue weighted by Gasteiger charge is -2.47. The second-order valence-corrected chi connectivity index (χ2v) is 4.08. The monoisotopic (exact) mass is 152 g/mol. The molecule has 6 atom stereocenters. The van der Waals surface area contributed by atoms with Crippen LogP contribution >= 0.6 is 0 Å². The van der Waals surface area contributed by atoms with Crippen LogP contribution in [-0.2, 0) is 0 Å². The lowest BCUT2D eigenvalue weighted by molar-refractivity contribution is -0.157. The SMILES string of the molecule is O[C@@H]1[C@H](O)[C@H]2[C@@H]1[C@H]1C=C[C@@H]2C1. The molecule has 2 heteroatoms. The van der Waals surface area contributed by atoms with Gasteiger partial charge in [-0.3, -0.25) is 0 Å². The van der Waals surface area contributed by atoms with Crippen molar-refractivity contribution in [3.8, 4) is 0 Å². The van der Waals surface area contributed by atoms with Crippen molar-refractivity contribution in [1.29, 1.82) is 0 Å².